The molecule has 27 heavy (non-hydrogen) atoms. The van der Waals surface area contributed by atoms with E-state index in [1.54, 1.807) is 30.3 Å². The second-order valence-corrected chi connectivity index (χ2v) is 7.31. The fourth-order valence-corrected chi connectivity index (χ4v) is 3.72. The second kappa shape index (κ2) is 7.33. The summed E-state index contributed by atoms with van der Waals surface area (Å²) in [6.45, 7) is 1.08. The first kappa shape index (κ1) is 18.0. The third-order valence-electron chi connectivity index (χ3n) is 4.65. The van der Waals surface area contributed by atoms with E-state index in [4.69, 9.17) is 23.2 Å². The van der Waals surface area contributed by atoms with Crippen molar-refractivity contribution in [1.29, 1.82) is 0 Å². The molecule has 7 heteroatoms. The van der Waals surface area contributed by atoms with E-state index in [0.29, 0.717) is 15.7 Å². The van der Waals surface area contributed by atoms with Crippen molar-refractivity contribution >= 4 is 34.8 Å². The fourth-order valence-electron chi connectivity index (χ4n) is 3.43. The molecule has 0 unspecified atom stereocenters. The minimum Gasteiger partial charge on any atom is -0.323 e. The number of anilines is 1. The van der Waals surface area contributed by atoms with Crippen LogP contribution in [0.4, 0.5) is 10.1 Å². The number of aromatic nitrogens is 2. The van der Waals surface area contributed by atoms with Gasteiger partial charge in [-0.25, -0.2) is 13.5 Å². The summed E-state index contributed by atoms with van der Waals surface area (Å²) in [7, 11) is 0. The molecule has 0 radical (unpaired) electrons. The Bertz CT molecular complexity index is 1010. The van der Waals surface area contributed by atoms with Gasteiger partial charge in [-0.2, -0.15) is 0 Å². The Balaban J connectivity index is 1.57. The van der Waals surface area contributed by atoms with E-state index in [0.717, 1.165) is 36.5 Å². The molecule has 4 nitrogen and oxygen atoms in total. The summed E-state index contributed by atoms with van der Waals surface area (Å²) in [5.74, 6) is 0.684. The van der Waals surface area contributed by atoms with Crippen LogP contribution >= 0.6 is 23.2 Å². The Morgan fingerprint density at radius 1 is 1.15 bits per heavy atom. The van der Waals surface area contributed by atoms with Gasteiger partial charge in [-0.05, 0) is 48.9 Å². The number of imidazole rings is 1. The van der Waals surface area contributed by atoms with Crippen molar-refractivity contribution in [2.45, 2.75) is 25.9 Å². The largest absolute Gasteiger partial charge is 0.323 e. The fraction of sp³-hybridized carbons (Fsp3) is 0.200. The van der Waals surface area contributed by atoms with E-state index in [1.165, 1.54) is 12.1 Å². The lowest BCUT2D eigenvalue weighted by Crippen LogP contribution is -2.42. The van der Waals surface area contributed by atoms with Crippen LogP contribution in [-0.2, 0) is 24.3 Å². The summed E-state index contributed by atoms with van der Waals surface area (Å²) in [5.41, 5.74) is 2.53. The van der Waals surface area contributed by atoms with Crippen LogP contribution in [0, 0.1) is 5.82 Å². The molecule has 1 N–H and O–H groups in total. The normalized spacial score (nSPS) is 12.9. The average Bonchev–Trinajstić information content (AvgIpc) is 3.23. The van der Waals surface area contributed by atoms with Gasteiger partial charge in [0.25, 0.3) is 11.7 Å². The maximum Gasteiger partial charge on any atom is 0.266 e. The number of carbonyl (C=O) groups excluding carboxylic acids is 1. The molecule has 4 rings (SSSR count). The summed E-state index contributed by atoms with van der Waals surface area (Å²) in [6.07, 6.45) is 3.89. The maximum absolute atomic E-state index is 13.2. The highest BCUT2D eigenvalue weighted by molar-refractivity contribution is 6.42. The molecular formula is C20H17Cl2FN3O+. The van der Waals surface area contributed by atoms with E-state index in [-0.39, 0.29) is 18.3 Å². The van der Waals surface area contributed by atoms with Crippen LogP contribution in [0.5, 0.6) is 0 Å². The van der Waals surface area contributed by atoms with Gasteiger partial charge in [0.15, 0.2) is 12.2 Å². The number of amides is 1. The molecule has 0 saturated heterocycles. The molecule has 2 aromatic carbocycles. The number of carbonyl (C=O) groups is 1. The van der Waals surface area contributed by atoms with Gasteiger partial charge in [-0.15, -0.1) is 0 Å². The van der Waals surface area contributed by atoms with Crippen LogP contribution in [0.1, 0.15) is 12.2 Å². The number of fused-ring (bicyclic) bond motifs is 1. The summed E-state index contributed by atoms with van der Waals surface area (Å²) >= 11 is 11.9. The van der Waals surface area contributed by atoms with Crippen molar-refractivity contribution in [2.24, 2.45) is 0 Å². The Hall–Kier alpha value is -2.37. The Kier molecular flexibility index (Phi) is 4.89. The molecule has 138 valence electrons. The number of nitrogens with one attached hydrogen (secondary N) is 1. The molecule has 0 aliphatic carbocycles. The Morgan fingerprint density at radius 3 is 2.67 bits per heavy atom. The highest BCUT2D eigenvalue weighted by atomic mass is 35.5. The first-order valence-corrected chi connectivity index (χ1v) is 9.39. The van der Waals surface area contributed by atoms with Crippen LogP contribution in [0.2, 0.25) is 10.0 Å². The average molecular weight is 405 g/mol. The molecule has 0 bridgehead atoms. The van der Waals surface area contributed by atoms with Gasteiger partial charge in [-0.3, -0.25) is 4.79 Å². The zero-order valence-corrected chi connectivity index (χ0v) is 15.9. The third kappa shape index (κ3) is 3.70. The smallest absolute Gasteiger partial charge is 0.266 e. The predicted octanol–water partition coefficient (Wildman–Crippen LogP) is 4.47. The van der Waals surface area contributed by atoms with Gasteiger partial charge in [0, 0.05) is 11.3 Å². The molecule has 1 aliphatic heterocycles. The maximum atomic E-state index is 13.2. The molecule has 0 saturated carbocycles. The van der Waals surface area contributed by atoms with Gasteiger partial charge < -0.3 is 5.32 Å². The van der Waals surface area contributed by atoms with Crippen molar-refractivity contribution < 1.29 is 13.8 Å². The lowest BCUT2D eigenvalue weighted by Gasteiger charge is -2.05. The minimum atomic E-state index is -0.263. The van der Waals surface area contributed by atoms with E-state index < -0.39 is 0 Å². The Labute approximate surface area is 166 Å². The van der Waals surface area contributed by atoms with Crippen LogP contribution in [0.25, 0.3) is 11.3 Å². The highest BCUT2D eigenvalue weighted by Gasteiger charge is 2.29. The van der Waals surface area contributed by atoms with Gasteiger partial charge in [0.05, 0.1) is 23.0 Å². The summed E-state index contributed by atoms with van der Waals surface area (Å²) in [5, 5.41) is 3.68. The molecule has 1 amide bonds. The molecule has 0 atom stereocenters. The SMILES string of the molecule is O=C(C[n+]1cc(-c2ccc(F)cc2)n2c1CCC2)Nc1ccc(Cl)c(Cl)c1. The molecule has 0 fully saturated rings. The number of benzene rings is 2. The third-order valence-corrected chi connectivity index (χ3v) is 5.39. The van der Waals surface area contributed by atoms with Gasteiger partial charge in [0.1, 0.15) is 12.0 Å². The molecule has 1 aliphatic rings. The van der Waals surface area contributed by atoms with Crippen molar-refractivity contribution in [2.75, 3.05) is 5.32 Å². The zero-order chi connectivity index (χ0) is 19.0. The topological polar surface area (TPSA) is 37.9 Å². The Morgan fingerprint density at radius 2 is 1.93 bits per heavy atom. The highest BCUT2D eigenvalue weighted by Crippen LogP contribution is 2.26. The van der Waals surface area contributed by atoms with Crippen molar-refractivity contribution in [3.63, 3.8) is 0 Å². The predicted molar refractivity (Wildman–Crippen MR) is 103 cm³/mol. The molecular weight excluding hydrogens is 388 g/mol. The lowest BCUT2D eigenvalue weighted by molar-refractivity contribution is -0.690. The van der Waals surface area contributed by atoms with Crippen LogP contribution in [-0.4, -0.2) is 10.5 Å². The second-order valence-electron chi connectivity index (χ2n) is 6.50. The first-order valence-electron chi connectivity index (χ1n) is 8.64. The number of rotatable bonds is 4. The monoisotopic (exact) mass is 404 g/mol. The van der Waals surface area contributed by atoms with E-state index in [1.807, 2.05) is 10.8 Å². The van der Waals surface area contributed by atoms with Crippen molar-refractivity contribution in [3.05, 3.63) is 70.3 Å². The van der Waals surface area contributed by atoms with Gasteiger partial charge in [-0.1, -0.05) is 23.2 Å². The van der Waals surface area contributed by atoms with Gasteiger partial charge >= 0.3 is 0 Å². The molecule has 2 heterocycles. The van der Waals surface area contributed by atoms with Crippen LogP contribution in [0.3, 0.4) is 0 Å². The minimum absolute atomic E-state index is 0.149. The van der Waals surface area contributed by atoms with Crippen molar-refractivity contribution in [1.82, 2.24) is 4.57 Å². The van der Waals surface area contributed by atoms with E-state index in [2.05, 4.69) is 9.88 Å². The lowest BCUT2D eigenvalue weighted by atomic mass is 10.1. The van der Waals surface area contributed by atoms with E-state index >= 15 is 0 Å². The summed E-state index contributed by atoms with van der Waals surface area (Å²) < 4.78 is 17.4. The van der Waals surface area contributed by atoms with Crippen LogP contribution in [0.15, 0.2) is 48.7 Å². The standard InChI is InChI=1S/C20H16Cl2FN3O/c21-16-8-7-15(10-17(16)22)24-19(27)12-25-11-18(26-9-1-2-20(25)26)13-3-5-14(23)6-4-13/h3-8,10-11H,1-2,9,12H2/p+1. The number of nitrogens with zero attached hydrogens (tertiary/aromatic N) is 2. The quantitative estimate of drug-likeness (QED) is 0.639. The van der Waals surface area contributed by atoms with Crippen molar-refractivity contribution in [3.8, 4) is 11.3 Å². The molecule has 3 aromatic rings. The first-order chi connectivity index (χ1) is 13.0. The molecule has 1 aromatic heterocycles. The van der Waals surface area contributed by atoms with Crippen LogP contribution < -0.4 is 9.88 Å². The van der Waals surface area contributed by atoms with E-state index in [9.17, 15) is 9.18 Å². The van der Waals surface area contributed by atoms with Gasteiger partial charge in [0.2, 0.25) is 0 Å². The number of halogens is 3. The molecule has 0 spiro atoms. The zero-order valence-electron chi connectivity index (χ0n) is 14.4. The summed E-state index contributed by atoms with van der Waals surface area (Å²) in [6, 6.07) is 11.4. The number of hydrogen-bond donors (Lipinski definition) is 1. The summed E-state index contributed by atoms with van der Waals surface area (Å²) in [4.78, 5) is 12.5. The number of hydrogen-bond acceptors (Lipinski definition) is 1.